The van der Waals surface area contributed by atoms with Crippen LogP contribution in [0.1, 0.15) is 296 Å². The molecular formula is C72H128NO8+. The van der Waals surface area contributed by atoms with Crippen LogP contribution in [0, 0.1) is 0 Å². The van der Waals surface area contributed by atoms with Gasteiger partial charge >= 0.3 is 17.9 Å². The van der Waals surface area contributed by atoms with Crippen molar-refractivity contribution in [3.63, 3.8) is 0 Å². The van der Waals surface area contributed by atoms with Crippen LogP contribution in [0.25, 0.3) is 0 Å². The first-order valence-corrected chi connectivity index (χ1v) is 33.8. The van der Waals surface area contributed by atoms with Crippen molar-refractivity contribution >= 4 is 17.9 Å². The van der Waals surface area contributed by atoms with Gasteiger partial charge in [0.05, 0.1) is 34.4 Å². The number of hydrogen-bond donors (Lipinski definition) is 1. The van der Waals surface area contributed by atoms with Crippen molar-refractivity contribution in [1.82, 2.24) is 0 Å². The van der Waals surface area contributed by atoms with E-state index in [1.54, 1.807) is 0 Å². The van der Waals surface area contributed by atoms with Crippen LogP contribution in [-0.4, -0.2) is 87.4 Å². The number of allylic oxidation sites excluding steroid dienone is 14. The van der Waals surface area contributed by atoms with Crippen LogP contribution in [0.15, 0.2) is 85.1 Å². The molecule has 0 aromatic rings. The summed E-state index contributed by atoms with van der Waals surface area (Å²) in [6, 6.07) is 0. The highest BCUT2D eigenvalue weighted by atomic mass is 16.7. The van der Waals surface area contributed by atoms with E-state index >= 15 is 0 Å². The Balaban J connectivity index is 4.14. The molecule has 0 aliphatic carbocycles. The molecule has 468 valence electrons. The first-order chi connectivity index (χ1) is 39.6. The van der Waals surface area contributed by atoms with E-state index in [1.807, 2.05) is 21.1 Å². The van der Waals surface area contributed by atoms with Crippen molar-refractivity contribution in [2.45, 2.75) is 309 Å². The smallest absolute Gasteiger partial charge is 0.361 e. The summed E-state index contributed by atoms with van der Waals surface area (Å²) < 4.78 is 23.0. The highest BCUT2D eigenvalue weighted by Gasteiger charge is 2.25. The first kappa shape index (κ1) is 77.5. The van der Waals surface area contributed by atoms with Crippen molar-refractivity contribution in [1.29, 1.82) is 0 Å². The van der Waals surface area contributed by atoms with Gasteiger partial charge in [-0.25, -0.2) is 4.79 Å². The highest BCUT2D eigenvalue weighted by molar-refractivity contribution is 5.71. The minimum Gasteiger partial charge on any atom is -0.477 e. The maximum absolute atomic E-state index is 12.9. The molecule has 0 saturated carbocycles. The summed E-state index contributed by atoms with van der Waals surface area (Å²) in [5, 5.41) is 9.74. The zero-order chi connectivity index (χ0) is 59.1. The second-order valence-corrected chi connectivity index (χ2v) is 23.7. The molecule has 0 aliphatic heterocycles. The van der Waals surface area contributed by atoms with Gasteiger partial charge in [0.2, 0.25) is 0 Å². The minimum absolute atomic E-state index is 0.183. The average Bonchev–Trinajstić information content (AvgIpc) is 3.44. The summed E-state index contributed by atoms with van der Waals surface area (Å²) in [4.78, 5) is 37.6. The number of carboxylic acid groups (broad SMARTS) is 1. The molecule has 1 N–H and O–H groups in total. The maximum atomic E-state index is 12.9. The van der Waals surface area contributed by atoms with Gasteiger partial charge < -0.3 is 28.5 Å². The number of carbonyl (C=O) groups is 3. The molecule has 0 aromatic heterocycles. The molecule has 0 fully saturated rings. The van der Waals surface area contributed by atoms with Gasteiger partial charge in [-0.3, -0.25) is 9.59 Å². The third-order valence-corrected chi connectivity index (χ3v) is 14.6. The van der Waals surface area contributed by atoms with Crippen LogP contribution in [-0.2, 0) is 33.3 Å². The fourth-order valence-electron chi connectivity index (χ4n) is 9.48. The fraction of sp³-hybridized carbons (Fsp3) is 0.764. The van der Waals surface area contributed by atoms with E-state index in [9.17, 15) is 19.5 Å². The maximum Gasteiger partial charge on any atom is 0.361 e. The molecular weight excluding hydrogens is 1010 g/mol. The van der Waals surface area contributed by atoms with Crippen LogP contribution in [0.5, 0.6) is 0 Å². The number of carboxylic acids is 1. The summed E-state index contributed by atoms with van der Waals surface area (Å²) in [7, 11) is 5.98. The molecule has 0 radical (unpaired) electrons. The predicted molar refractivity (Wildman–Crippen MR) is 346 cm³/mol. The average molecular weight is 1140 g/mol. The van der Waals surface area contributed by atoms with Crippen LogP contribution >= 0.6 is 0 Å². The highest BCUT2D eigenvalue weighted by Crippen LogP contribution is 2.17. The van der Waals surface area contributed by atoms with Gasteiger partial charge in [-0.2, -0.15) is 0 Å². The second kappa shape index (κ2) is 62.5. The number of rotatable bonds is 62. The van der Waals surface area contributed by atoms with Gasteiger partial charge in [0.25, 0.3) is 6.29 Å². The van der Waals surface area contributed by atoms with Crippen LogP contribution in [0.3, 0.4) is 0 Å². The van der Waals surface area contributed by atoms with Gasteiger partial charge in [-0.05, 0) is 89.9 Å². The van der Waals surface area contributed by atoms with E-state index in [2.05, 4.69) is 98.9 Å². The Morgan fingerprint density at radius 1 is 0.383 bits per heavy atom. The Bertz CT molecular complexity index is 1600. The van der Waals surface area contributed by atoms with Gasteiger partial charge in [0.1, 0.15) is 13.2 Å². The number of ether oxygens (including phenoxy) is 4. The molecule has 0 rings (SSSR count). The van der Waals surface area contributed by atoms with Crippen molar-refractivity contribution in [2.24, 2.45) is 0 Å². The minimum atomic E-state index is -1.51. The lowest BCUT2D eigenvalue weighted by Gasteiger charge is -2.25. The third-order valence-electron chi connectivity index (χ3n) is 14.6. The lowest BCUT2D eigenvalue weighted by Crippen LogP contribution is -2.40. The van der Waals surface area contributed by atoms with E-state index in [4.69, 9.17) is 18.9 Å². The number of aliphatic carboxylic acids is 1. The normalized spacial score (nSPS) is 13.2. The lowest BCUT2D eigenvalue weighted by atomic mass is 10.0. The molecule has 0 aromatic carbocycles. The quantitative estimate of drug-likeness (QED) is 0.0211. The third kappa shape index (κ3) is 63.9. The Morgan fingerprint density at radius 2 is 0.704 bits per heavy atom. The van der Waals surface area contributed by atoms with Crippen molar-refractivity contribution < 1.29 is 42.9 Å². The Labute approximate surface area is 500 Å². The van der Waals surface area contributed by atoms with E-state index in [1.165, 1.54) is 193 Å². The molecule has 0 bridgehead atoms. The van der Waals surface area contributed by atoms with E-state index in [-0.39, 0.29) is 32.2 Å². The fourth-order valence-corrected chi connectivity index (χ4v) is 9.48. The van der Waals surface area contributed by atoms with E-state index in [0.717, 1.165) is 77.0 Å². The summed E-state index contributed by atoms with van der Waals surface area (Å²) in [6.07, 6.45) is 81.1. The summed E-state index contributed by atoms with van der Waals surface area (Å²) >= 11 is 0. The van der Waals surface area contributed by atoms with Crippen LogP contribution in [0.2, 0.25) is 0 Å². The van der Waals surface area contributed by atoms with Crippen LogP contribution in [0.4, 0.5) is 0 Å². The first-order valence-electron chi connectivity index (χ1n) is 33.8. The largest absolute Gasteiger partial charge is 0.477 e. The zero-order valence-corrected chi connectivity index (χ0v) is 53.4. The van der Waals surface area contributed by atoms with Crippen molar-refractivity contribution in [2.75, 3.05) is 47.5 Å². The summed E-state index contributed by atoms with van der Waals surface area (Å²) in [5.74, 6) is -2.00. The number of nitrogens with zero attached hydrogens (tertiary/aromatic N) is 1. The van der Waals surface area contributed by atoms with Crippen LogP contribution < -0.4 is 0 Å². The molecule has 0 heterocycles. The number of esters is 2. The molecule has 0 aliphatic rings. The number of hydrogen-bond acceptors (Lipinski definition) is 7. The molecule has 2 atom stereocenters. The SMILES string of the molecule is CC/C=C\C/C=C\C/C=C\C/C=C\C/C=C\CCCCCCCCCCCCCCCC(=O)OC(COC(=O)CCCCCCCCCCCCCCCCC/C=C\C/C=C\CCCCCCC)COC(OCC[N+](C)(C)C)C(=O)O. The van der Waals surface area contributed by atoms with Crippen molar-refractivity contribution in [3.8, 4) is 0 Å². The van der Waals surface area contributed by atoms with Gasteiger partial charge in [-0.1, -0.05) is 279 Å². The molecule has 0 spiro atoms. The number of likely N-dealkylation sites (N-methyl/N-ethyl adjacent to an activating group) is 1. The summed E-state index contributed by atoms with van der Waals surface area (Å²) in [5.41, 5.74) is 0. The molecule has 0 saturated heterocycles. The number of carbonyl (C=O) groups excluding carboxylic acids is 2. The molecule has 2 unspecified atom stereocenters. The van der Waals surface area contributed by atoms with Gasteiger partial charge in [0, 0.05) is 12.8 Å². The zero-order valence-electron chi connectivity index (χ0n) is 53.4. The Kier molecular flexibility index (Phi) is 59.8. The standard InChI is InChI=1S/C72H127NO8/c1-6-8-10-12-14-16-18-20-22-24-26-28-30-32-34-35-37-39-41-43-45-47-49-51-53-55-57-59-61-63-70(75)81-68(67-80-72(71(76)77)78-65-64-73(3,4)5)66-79-69(74)62-60-58-56-54-52-50-48-46-44-42-40-38-36-33-31-29-27-25-23-21-19-17-15-13-11-9-7-2/h8,10,14,16,19-22,25-28,32,34,68,72H,6-7,9,11-13,15,17-18,23-24,29-31,33,35-67H2,1-5H3/p+1/b10-8-,16-14-,21-19-,22-20-,27-25-,28-26-,34-32-. The summed E-state index contributed by atoms with van der Waals surface area (Å²) in [6.45, 7) is 4.78. The molecule has 81 heavy (non-hydrogen) atoms. The van der Waals surface area contributed by atoms with Crippen molar-refractivity contribution in [3.05, 3.63) is 85.1 Å². The molecule has 9 nitrogen and oxygen atoms in total. The molecule has 0 amide bonds. The number of unbranched alkanes of at least 4 members (excludes halogenated alkanes) is 33. The lowest BCUT2D eigenvalue weighted by molar-refractivity contribution is -0.870. The van der Waals surface area contributed by atoms with Gasteiger partial charge in [-0.15, -0.1) is 0 Å². The predicted octanol–water partition coefficient (Wildman–Crippen LogP) is 20.7. The Morgan fingerprint density at radius 3 is 1.05 bits per heavy atom. The Hall–Kier alpha value is -3.53. The van der Waals surface area contributed by atoms with Gasteiger partial charge in [0.15, 0.2) is 6.10 Å². The molecule has 9 heteroatoms. The van der Waals surface area contributed by atoms with E-state index < -0.39 is 24.3 Å². The van der Waals surface area contributed by atoms with E-state index in [0.29, 0.717) is 17.4 Å². The monoisotopic (exact) mass is 1130 g/mol. The second-order valence-electron chi connectivity index (χ2n) is 23.7. The topological polar surface area (TPSA) is 108 Å². The number of quaternary nitrogens is 1.